The van der Waals surface area contributed by atoms with Crippen LogP contribution in [0.5, 0.6) is 0 Å². The van der Waals surface area contributed by atoms with Gasteiger partial charge in [0.1, 0.15) is 0 Å². The molecule has 0 spiro atoms. The van der Waals surface area contributed by atoms with E-state index in [0.29, 0.717) is 0 Å². The number of aryl methyl sites for hydroxylation is 4. The van der Waals surface area contributed by atoms with Gasteiger partial charge in [0, 0.05) is 13.0 Å². The predicted octanol–water partition coefficient (Wildman–Crippen LogP) is 8.57. The first kappa shape index (κ1) is 30.4. The fourth-order valence-corrected chi connectivity index (χ4v) is 12.0. The van der Waals surface area contributed by atoms with Crippen molar-refractivity contribution >= 4 is 42.4 Å². The average Bonchev–Trinajstić information content (AvgIpc) is 3.47. The van der Waals surface area contributed by atoms with Gasteiger partial charge >= 0.3 is 0 Å². The number of hydrogen-bond acceptors (Lipinski definition) is 1. The van der Waals surface area contributed by atoms with E-state index in [9.17, 15) is 0 Å². The summed E-state index contributed by atoms with van der Waals surface area (Å²) in [5, 5.41) is 8.31. The molecule has 0 aliphatic heterocycles. The second-order valence-electron chi connectivity index (χ2n) is 11.8. The zero-order valence-electron chi connectivity index (χ0n) is 26.2. The molecular weight excluding hydrogens is 570 g/mol. The number of methoxy groups -OCH3 is 1. The van der Waals surface area contributed by atoms with Crippen LogP contribution in [0.15, 0.2) is 145 Å². The Bertz CT molecular complexity index is 1670. The lowest BCUT2D eigenvalue weighted by Crippen LogP contribution is -2.28. The lowest BCUT2D eigenvalue weighted by Gasteiger charge is -2.33. The van der Waals surface area contributed by atoms with Crippen LogP contribution in [0.4, 0.5) is 0 Å². The topological polar surface area (TPSA) is 9.23 Å². The van der Waals surface area contributed by atoms with Gasteiger partial charge in [-0.1, -0.05) is 162 Å². The molecule has 220 valence electrons. The van der Waals surface area contributed by atoms with E-state index in [4.69, 9.17) is 4.74 Å². The third-order valence-electron chi connectivity index (χ3n) is 8.21. The molecule has 6 rings (SSSR count). The smallest absolute Gasteiger partial charge is 0.0931 e. The highest BCUT2D eigenvalue weighted by Gasteiger charge is 2.35. The molecule has 1 nitrogen and oxygen atoms in total. The third kappa shape index (κ3) is 6.43. The fourth-order valence-electron chi connectivity index (χ4n) is 6.55. The molecular formula is C41H40OP2. The van der Waals surface area contributed by atoms with Crippen LogP contribution in [0.25, 0.3) is 0 Å². The Labute approximate surface area is 265 Å². The Balaban J connectivity index is 1.49. The van der Waals surface area contributed by atoms with Gasteiger partial charge in [0.25, 0.3) is 0 Å². The fraction of sp³-hybridized carbons (Fsp3) is 0.171. The van der Waals surface area contributed by atoms with Gasteiger partial charge in [-0.05, 0) is 80.9 Å². The minimum atomic E-state index is -0.773. The quantitative estimate of drug-likeness (QED) is 0.152. The van der Waals surface area contributed by atoms with E-state index in [0.717, 1.165) is 0 Å². The first-order chi connectivity index (χ1) is 21.4. The van der Waals surface area contributed by atoms with Gasteiger partial charge in [0.05, 0.1) is 6.10 Å². The summed E-state index contributed by atoms with van der Waals surface area (Å²) in [6, 6.07) is 45.1. The highest BCUT2D eigenvalue weighted by atomic mass is 31.1. The van der Waals surface area contributed by atoms with Crippen molar-refractivity contribution in [2.75, 3.05) is 7.11 Å². The van der Waals surface area contributed by atoms with Crippen LogP contribution in [-0.4, -0.2) is 7.11 Å². The Morgan fingerprint density at radius 3 is 1.52 bits per heavy atom. The summed E-state index contributed by atoms with van der Waals surface area (Å²) < 4.78 is 6.56. The highest BCUT2D eigenvalue weighted by Crippen LogP contribution is 2.53. The molecule has 0 radical (unpaired) electrons. The number of benzene rings is 5. The first-order valence-electron chi connectivity index (χ1n) is 15.3. The summed E-state index contributed by atoms with van der Waals surface area (Å²) in [4.78, 5) is 0. The molecule has 2 atom stereocenters. The second kappa shape index (κ2) is 13.6. The molecule has 5 aromatic carbocycles. The van der Waals surface area contributed by atoms with Gasteiger partial charge in [0.15, 0.2) is 0 Å². The highest BCUT2D eigenvalue weighted by molar-refractivity contribution is 7.80. The van der Waals surface area contributed by atoms with Crippen LogP contribution < -0.4 is 26.5 Å². The average molecular weight is 611 g/mol. The van der Waals surface area contributed by atoms with Gasteiger partial charge < -0.3 is 4.74 Å². The normalized spacial score (nSPS) is 15.2. The Morgan fingerprint density at radius 1 is 0.545 bits per heavy atom. The van der Waals surface area contributed by atoms with Crippen LogP contribution in [0, 0.1) is 33.6 Å². The molecule has 5 aromatic rings. The van der Waals surface area contributed by atoms with Crippen LogP contribution in [0.1, 0.15) is 33.9 Å². The molecule has 0 saturated heterocycles. The zero-order valence-corrected chi connectivity index (χ0v) is 28.0. The lowest BCUT2D eigenvalue weighted by atomic mass is 9.96. The molecule has 3 heteroatoms. The summed E-state index contributed by atoms with van der Waals surface area (Å²) in [6.07, 6.45) is 6.88. The van der Waals surface area contributed by atoms with Crippen molar-refractivity contribution in [3.8, 4) is 0 Å². The van der Waals surface area contributed by atoms with E-state index in [1.807, 2.05) is 7.11 Å². The molecule has 0 saturated carbocycles. The molecule has 0 fully saturated rings. The van der Waals surface area contributed by atoms with Gasteiger partial charge in [-0.15, -0.1) is 0 Å². The third-order valence-corrected chi connectivity index (χ3v) is 13.2. The van der Waals surface area contributed by atoms with E-state index in [-0.39, 0.29) is 12.0 Å². The van der Waals surface area contributed by atoms with Crippen LogP contribution in [0.2, 0.25) is 0 Å². The monoisotopic (exact) mass is 610 g/mol. The minimum Gasteiger partial charge on any atom is -0.376 e. The summed E-state index contributed by atoms with van der Waals surface area (Å²) in [5.74, 6) is 0.122. The van der Waals surface area contributed by atoms with Gasteiger partial charge in [-0.3, -0.25) is 0 Å². The van der Waals surface area contributed by atoms with Gasteiger partial charge in [-0.2, -0.15) is 0 Å². The molecule has 1 aliphatic carbocycles. The molecule has 1 aliphatic rings. The number of rotatable bonds is 9. The number of allylic oxidation sites excluding steroid dienone is 2. The Hall–Kier alpha value is -3.60. The van der Waals surface area contributed by atoms with Gasteiger partial charge in [-0.25, -0.2) is 0 Å². The Morgan fingerprint density at radius 2 is 1.02 bits per heavy atom. The molecule has 0 heterocycles. The maximum absolute atomic E-state index is 6.56. The largest absolute Gasteiger partial charge is 0.376 e. The first-order valence-corrected chi connectivity index (χ1v) is 18.0. The molecule has 0 amide bonds. The van der Waals surface area contributed by atoms with Crippen molar-refractivity contribution in [2.24, 2.45) is 5.92 Å². The molecule has 1 unspecified atom stereocenters. The van der Waals surface area contributed by atoms with Crippen molar-refractivity contribution in [3.63, 3.8) is 0 Å². The Kier molecular flexibility index (Phi) is 9.39. The summed E-state index contributed by atoms with van der Waals surface area (Å²) in [7, 11) is 0.338. The molecule has 44 heavy (non-hydrogen) atoms. The molecule has 0 N–H and O–H groups in total. The number of hydrogen-bond donors (Lipinski definition) is 0. The van der Waals surface area contributed by atoms with Crippen molar-refractivity contribution < 1.29 is 4.74 Å². The van der Waals surface area contributed by atoms with E-state index < -0.39 is 15.8 Å². The van der Waals surface area contributed by atoms with Crippen LogP contribution in [-0.2, 0) is 4.74 Å². The summed E-state index contributed by atoms with van der Waals surface area (Å²) in [5.41, 5.74) is 6.51. The van der Waals surface area contributed by atoms with E-state index in [1.54, 1.807) is 0 Å². The number of ether oxygens (including phenoxy) is 1. The lowest BCUT2D eigenvalue weighted by molar-refractivity contribution is 0.0830. The predicted molar refractivity (Wildman–Crippen MR) is 194 cm³/mol. The van der Waals surface area contributed by atoms with Crippen molar-refractivity contribution in [1.29, 1.82) is 0 Å². The minimum absolute atomic E-state index is 0.115. The van der Waals surface area contributed by atoms with Gasteiger partial charge in [0.2, 0.25) is 0 Å². The second-order valence-corrected chi connectivity index (χ2v) is 16.2. The molecule has 0 bridgehead atoms. The van der Waals surface area contributed by atoms with Crippen LogP contribution in [0.3, 0.4) is 0 Å². The summed E-state index contributed by atoms with van der Waals surface area (Å²) in [6.45, 7) is 8.86. The summed E-state index contributed by atoms with van der Waals surface area (Å²) >= 11 is 0. The maximum Gasteiger partial charge on any atom is 0.0931 e. The zero-order chi connectivity index (χ0) is 30.6. The maximum atomic E-state index is 6.56. The molecule has 0 aromatic heterocycles. The van der Waals surface area contributed by atoms with Crippen molar-refractivity contribution in [1.82, 2.24) is 0 Å². The van der Waals surface area contributed by atoms with Crippen molar-refractivity contribution in [3.05, 3.63) is 173 Å². The van der Waals surface area contributed by atoms with E-state index in [1.165, 1.54) is 59.7 Å². The van der Waals surface area contributed by atoms with E-state index >= 15 is 0 Å². The SMILES string of the molecule is CO[C@H](c1ccccc1P(c1ccccc1)c1ccccc1)C1C=CC=C1P(c1cc(C)cc(C)c1)c1cc(C)cc(C)c1. The standard InChI is InChI=1S/C41H40OP2/c1-29-23-30(2)26-35(25-29)44(36-27-31(3)24-32(4)28-36)40-22-14-20-38(40)41(42-5)37-19-12-13-21-39(37)43(33-15-8-6-9-16-33)34-17-10-7-11-18-34/h6-28,38,41H,1-5H3/t38?,41-/m1/s1. The van der Waals surface area contributed by atoms with E-state index in [2.05, 4.69) is 167 Å². The van der Waals surface area contributed by atoms with Crippen LogP contribution >= 0.6 is 15.8 Å². The van der Waals surface area contributed by atoms with Crippen molar-refractivity contribution in [2.45, 2.75) is 33.8 Å².